The van der Waals surface area contributed by atoms with E-state index in [4.69, 9.17) is 55.9 Å². The third-order valence-electron chi connectivity index (χ3n) is 3.84. The lowest BCUT2D eigenvalue weighted by Crippen LogP contribution is -2.12. The first kappa shape index (κ1) is 26.4. The first-order valence-corrected chi connectivity index (χ1v) is 10.4. The standard InChI is InChI=1S/C20H15Cl4F4NO3/c21-13-9-12(31-7-5-17(23)24)10-14(22)19(13)32-18(30)2-1-6-29-16-4-3-11(8-15(16)25)20(26,27)28/h3-5,8-10,29H,1-2,6-7H2. The molecular weight excluding hydrogens is 520 g/mol. The molecule has 0 fully saturated rings. The van der Waals surface area contributed by atoms with Gasteiger partial charge in [-0.3, -0.25) is 4.79 Å². The van der Waals surface area contributed by atoms with Crippen LogP contribution in [0, 0.1) is 5.82 Å². The third-order valence-corrected chi connectivity index (χ3v) is 4.71. The molecule has 0 spiro atoms. The van der Waals surface area contributed by atoms with Crippen molar-refractivity contribution < 1.29 is 31.8 Å². The highest BCUT2D eigenvalue weighted by Crippen LogP contribution is 2.37. The lowest BCUT2D eigenvalue weighted by atomic mass is 10.2. The average Bonchev–Trinajstić information content (AvgIpc) is 2.68. The molecule has 2 rings (SSSR count). The van der Waals surface area contributed by atoms with Crippen LogP contribution in [0.5, 0.6) is 11.5 Å². The quantitative estimate of drug-likeness (QED) is 0.155. The normalized spacial score (nSPS) is 11.1. The molecule has 12 heteroatoms. The fourth-order valence-electron chi connectivity index (χ4n) is 2.37. The number of carbonyl (C=O) groups excluding carboxylic acids is 1. The number of hydrogen-bond acceptors (Lipinski definition) is 4. The van der Waals surface area contributed by atoms with Crippen LogP contribution in [0.1, 0.15) is 18.4 Å². The van der Waals surface area contributed by atoms with Gasteiger partial charge in [0.15, 0.2) is 5.75 Å². The fourth-order valence-corrected chi connectivity index (χ4v) is 3.04. The second kappa shape index (κ2) is 11.8. The molecule has 0 bridgehead atoms. The van der Waals surface area contributed by atoms with Crippen LogP contribution in [-0.2, 0) is 11.0 Å². The Balaban J connectivity index is 1.85. The van der Waals surface area contributed by atoms with Gasteiger partial charge in [-0.2, -0.15) is 13.2 Å². The van der Waals surface area contributed by atoms with E-state index in [1.165, 1.54) is 18.2 Å². The molecule has 0 unspecified atom stereocenters. The summed E-state index contributed by atoms with van der Waals surface area (Å²) < 4.78 is 62.0. The summed E-state index contributed by atoms with van der Waals surface area (Å²) in [6.45, 7) is 0.183. The molecule has 0 aromatic heterocycles. The van der Waals surface area contributed by atoms with E-state index in [0.717, 1.165) is 12.1 Å². The van der Waals surface area contributed by atoms with Crippen molar-refractivity contribution in [2.75, 3.05) is 18.5 Å². The van der Waals surface area contributed by atoms with Crippen LogP contribution in [0.2, 0.25) is 10.0 Å². The lowest BCUT2D eigenvalue weighted by Gasteiger charge is -2.12. The zero-order valence-corrected chi connectivity index (χ0v) is 19.1. The number of rotatable bonds is 9. The molecule has 174 valence electrons. The Morgan fingerprint density at radius 2 is 1.75 bits per heavy atom. The first-order chi connectivity index (χ1) is 15.0. The van der Waals surface area contributed by atoms with Crippen molar-refractivity contribution >= 4 is 58.1 Å². The van der Waals surface area contributed by atoms with Crippen LogP contribution in [0.15, 0.2) is 40.9 Å². The number of halogens is 8. The third kappa shape index (κ3) is 8.24. The van der Waals surface area contributed by atoms with Crippen molar-refractivity contribution in [2.24, 2.45) is 0 Å². The molecule has 0 radical (unpaired) electrons. The van der Waals surface area contributed by atoms with Crippen molar-refractivity contribution in [2.45, 2.75) is 19.0 Å². The number of nitrogens with one attached hydrogen (secondary N) is 1. The van der Waals surface area contributed by atoms with E-state index < -0.39 is 23.5 Å². The Labute approximate surface area is 201 Å². The van der Waals surface area contributed by atoms with E-state index >= 15 is 0 Å². The summed E-state index contributed by atoms with van der Waals surface area (Å²) in [5.74, 6) is -1.46. The minimum absolute atomic E-state index is 0.0308. The Bertz CT molecular complexity index is 972. The molecule has 0 aliphatic heterocycles. The smallest absolute Gasteiger partial charge is 0.416 e. The van der Waals surface area contributed by atoms with Gasteiger partial charge in [0.05, 0.1) is 21.3 Å². The van der Waals surface area contributed by atoms with Crippen LogP contribution in [0.25, 0.3) is 0 Å². The molecule has 32 heavy (non-hydrogen) atoms. The number of carbonyl (C=O) groups is 1. The van der Waals surface area contributed by atoms with Crippen molar-refractivity contribution in [3.05, 3.63) is 62.3 Å². The van der Waals surface area contributed by atoms with Gasteiger partial charge in [0.2, 0.25) is 0 Å². The Morgan fingerprint density at radius 3 is 2.31 bits per heavy atom. The van der Waals surface area contributed by atoms with Gasteiger partial charge in [-0.15, -0.1) is 0 Å². The SMILES string of the molecule is O=C(CCCNc1ccc(C(F)(F)F)cc1F)Oc1c(Cl)cc(OCC=C(Cl)Cl)cc1Cl. The molecule has 1 N–H and O–H groups in total. The first-order valence-electron chi connectivity index (χ1n) is 8.91. The van der Waals surface area contributed by atoms with E-state index in [1.807, 2.05) is 0 Å². The highest BCUT2D eigenvalue weighted by molar-refractivity contribution is 6.55. The zero-order valence-electron chi connectivity index (χ0n) is 16.0. The van der Waals surface area contributed by atoms with Gasteiger partial charge >= 0.3 is 12.1 Å². The van der Waals surface area contributed by atoms with Gasteiger partial charge in [-0.25, -0.2) is 4.39 Å². The van der Waals surface area contributed by atoms with Crippen LogP contribution in [0.3, 0.4) is 0 Å². The van der Waals surface area contributed by atoms with Gasteiger partial charge < -0.3 is 14.8 Å². The molecule has 0 amide bonds. The van der Waals surface area contributed by atoms with Crippen LogP contribution >= 0.6 is 46.4 Å². The Morgan fingerprint density at radius 1 is 1.09 bits per heavy atom. The van der Waals surface area contributed by atoms with E-state index in [1.54, 1.807) is 0 Å². The summed E-state index contributed by atoms with van der Waals surface area (Å²) in [6.07, 6.45) is -3.10. The summed E-state index contributed by atoms with van der Waals surface area (Å²) in [7, 11) is 0. The number of ether oxygens (including phenoxy) is 2. The summed E-state index contributed by atoms with van der Waals surface area (Å²) in [5.41, 5.74) is -1.20. The molecule has 0 atom stereocenters. The van der Waals surface area contributed by atoms with Gasteiger partial charge in [-0.1, -0.05) is 46.4 Å². The predicted octanol–water partition coefficient (Wildman–Crippen LogP) is 7.65. The lowest BCUT2D eigenvalue weighted by molar-refractivity contribution is -0.138. The summed E-state index contributed by atoms with van der Waals surface area (Å²) >= 11 is 23.1. The van der Waals surface area contributed by atoms with Gasteiger partial charge in [0, 0.05) is 25.1 Å². The Hall–Kier alpha value is -1.87. The monoisotopic (exact) mass is 533 g/mol. The fraction of sp³-hybridized carbons (Fsp3) is 0.250. The minimum atomic E-state index is -4.63. The number of benzene rings is 2. The number of hydrogen-bond donors (Lipinski definition) is 1. The van der Waals surface area contributed by atoms with E-state index in [9.17, 15) is 22.4 Å². The van der Waals surface area contributed by atoms with Gasteiger partial charge in [0.25, 0.3) is 0 Å². The maximum Gasteiger partial charge on any atom is 0.416 e. The Kier molecular flexibility index (Phi) is 9.76. The molecule has 0 aliphatic rings. The molecule has 0 aliphatic carbocycles. The van der Waals surface area contributed by atoms with E-state index in [2.05, 4.69) is 5.32 Å². The molecule has 0 saturated heterocycles. The summed E-state index contributed by atoms with van der Waals surface area (Å²) in [5, 5.41) is 2.69. The van der Waals surface area contributed by atoms with E-state index in [-0.39, 0.29) is 52.0 Å². The topological polar surface area (TPSA) is 47.6 Å². The van der Waals surface area contributed by atoms with Crippen molar-refractivity contribution in [3.63, 3.8) is 0 Å². The van der Waals surface area contributed by atoms with Gasteiger partial charge in [0.1, 0.15) is 22.7 Å². The van der Waals surface area contributed by atoms with Crippen LogP contribution in [-0.4, -0.2) is 19.1 Å². The number of alkyl halides is 3. The van der Waals surface area contributed by atoms with Crippen molar-refractivity contribution in [1.29, 1.82) is 0 Å². The molecule has 0 heterocycles. The molecule has 4 nitrogen and oxygen atoms in total. The van der Waals surface area contributed by atoms with Crippen LogP contribution in [0.4, 0.5) is 23.2 Å². The highest BCUT2D eigenvalue weighted by Gasteiger charge is 2.31. The predicted molar refractivity (Wildman–Crippen MR) is 117 cm³/mol. The molecule has 2 aromatic rings. The second-order valence-corrected chi connectivity index (χ2v) is 8.04. The van der Waals surface area contributed by atoms with Crippen LogP contribution < -0.4 is 14.8 Å². The zero-order chi connectivity index (χ0) is 23.9. The summed E-state index contributed by atoms with van der Waals surface area (Å²) in [6, 6.07) is 4.92. The highest BCUT2D eigenvalue weighted by atomic mass is 35.5. The van der Waals surface area contributed by atoms with Crippen molar-refractivity contribution in [1.82, 2.24) is 0 Å². The summed E-state index contributed by atoms with van der Waals surface area (Å²) in [4.78, 5) is 12.0. The van der Waals surface area contributed by atoms with Crippen molar-refractivity contribution in [3.8, 4) is 11.5 Å². The maximum atomic E-state index is 13.8. The maximum absolute atomic E-state index is 13.8. The van der Waals surface area contributed by atoms with Gasteiger partial charge in [-0.05, 0) is 30.7 Å². The van der Waals surface area contributed by atoms with E-state index in [0.29, 0.717) is 11.8 Å². The number of anilines is 1. The second-order valence-electron chi connectivity index (χ2n) is 6.22. The average molecular weight is 535 g/mol. The minimum Gasteiger partial charge on any atom is -0.489 e. The largest absolute Gasteiger partial charge is 0.489 e. The number of esters is 1. The molecule has 2 aromatic carbocycles. The molecule has 0 saturated carbocycles. The molecular formula is C20H15Cl4F4NO3.